The van der Waals surface area contributed by atoms with Gasteiger partial charge in [-0.25, -0.2) is 29.3 Å². The molecule has 0 spiro atoms. The van der Waals surface area contributed by atoms with Gasteiger partial charge in [-0.1, -0.05) is 12.1 Å². The van der Waals surface area contributed by atoms with Crippen LogP contribution in [-0.2, 0) is 30.2 Å². The van der Waals surface area contributed by atoms with Crippen molar-refractivity contribution in [2.45, 2.75) is 0 Å². The van der Waals surface area contributed by atoms with Crippen molar-refractivity contribution in [1.82, 2.24) is 64.8 Å². The number of primary amides is 2. The van der Waals surface area contributed by atoms with E-state index in [1.807, 2.05) is 48.5 Å². The van der Waals surface area contributed by atoms with Gasteiger partial charge in [0.2, 0.25) is 0 Å². The number of rotatable bonds is 2. The van der Waals surface area contributed by atoms with Crippen LogP contribution in [0.5, 0.6) is 0 Å². The topological polar surface area (TPSA) is 314 Å². The number of carbonyl (C=O) groups is 3. The molecule has 2 aliphatic rings. The van der Waals surface area contributed by atoms with E-state index >= 15 is 0 Å². The monoisotopic (exact) mass is 925 g/mol. The summed E-state index contributed by atoms with van der Waals surface area (Å²) in [5, 5.41) is 18.5. The van der Waals surface area contributed by atoms with E-state index in [4.69, 9.17) is 75.1 Å². The molecule has 6 N–H and O–H groups in total. The van der Waals surface area contributed by atoms with Crippen molar-refractivity contribution in [3.8, 4) is 45.8 Å². The average Bonchev–Trinajstić information content (AvgIpc) is 3.97. The fraction of sp³-hybridized carbons (Fsp3) is 0. The van der Waals surface area contributed by atoms with E-state index in [-0.39, 0.29) is 35.8 Å². The SMILES string of the molecule is NC(N)=O.O=C(O)c1cccnc1C(=O)O.[Cl][Fe][Cl].[Fe+2].c1cnc2c(c1)-c1nc-2nc2[n-]c(nc3nc(nc4[n-]c(n1)c1ncccc41)-c1ncccc1-3)c1ncccc21. The van der Waals surface area contributed by atoms with Crippen molar-refractivity contribution in [1.29, 1.82) is 0 Å². The Hall–Kier alpha value is -7.06. The first-order valence-electron chi connectivity index (χ1n) is 16.4. The van der Waals surface area contributed by atoms with Crippen LogP contribution in [0.3, 0.4) is 0 Å². The van der Waals surface area contributed by atoms with Crippen molar-refractivity contribution in [2.75, 3.05) is 0 Å². The number of fused-ring (bicyclic) bond motifs is 20. The van der Waals surface area contributed by atoms with Gasteiger partial charge in [0.15, 0.2) is 5.69 Å². The molecule has 0 saturated carbocycles. The van der Waals surface area contributed by atoms with Gasteiger partial charge in [0.1, 0.15) is 23.0 Å². The molecule has 8 bridgehead atoms. The van der Waals surface area contributed by atoms with E-state index in [2.05, 4.69) is 36.4 Å². The molecular formula is C36H21Cl2Fe2N15O5. The van der Waals surface area contributed by atoms with E-state index in [1.54, 1.807) is 24.8 Å². The van der Waals surface area contributed by atoms with Gasteiger partial charge in [0, 0.05) is 75.5 Å². The Balaban J connectivity index is 0.000000254. The minimum absolute atomic E-state index is 0. The number of nitrogens with zero attached hydrogens (tertiary/aromatic N) is 13. The zero-order chi connectivity index (χ0) is 41.6. The number of pyridine rings is 5. The fourth-order valence-electron chi connectivity index (χ4n) is 5.71. The minimum atomic E-state index is -1.34. The molecule has 10 rings (SSSR count). The molecule has 2 amide bonds. The Morgan fingerprint density at radius 3 is 1.33 bits per heavy atom. The van der Waals surface area contributed by atoms with E-state index in [0.29, 0.717) is 68.3 Å². The average molecular weight is 926 g/mol. The number of halogens is 2. The Morgan fingerprint density at radius 2 is 0.917 bits per heavy atom. The first kappa shape index (κ1) is 42.5. The van der Waals surface area contributed by atoms with Crippen LogP contribution in [-0.4, -0.2) is 83.0 Å². The molecule has 8 aromatic heterocycles. The van der Waals surface area contributed by atoms with Gasteiger partial charge in [-0.2, -0.15) is 0 Å². The number of aromatic nitrogens is 13. The van der Waals surface area contributed by atoms with Gasteiger partial charge in [-0.15, -0.1) is 0 Å². The number of amides is 2. The molecule has 0 aliphatic carbocycles. The van der Waals surface area contributed by atoms with Crippen LogP contribution >= 0.6 is 20.2 Å². The third kappa shape index (κ3) is 8.83. The summed E-state index contributed by atoms with van der Waals surface area (Å²) >= 11 is 0.194. The van der Waals surface area contributed by atoms with E-state index in [1.165, 1.54) is 18.3 Å². The normalized spacial score (nSPS) is 10.6. The second-order valence-corrected chi connectivity index (χ2v) is 13.4. The quantitative estimate of drug-likeness (QED) is 0.172. The molecule has 20 nitrogen and oxygen atoms in total. The molecule has 60 heavy (non-hydrogen) atoms. The van der Waals surface area contributed by atoms with Crippen LogP contribution in [0.1, 0.15) is 20.8 Å². The smallest absolute Gasteiger partial charge is 0.356 e. The molecule has 10 heterocycles. The molecule has 0 unspecified atom stereocenters. The third-order valence-electron chi connectivity index (χ3n) is 7.98. The fourth-order valence-corrected chi connectivity index (χ4v) is 5.71. The summed E-state index contributed by atoms with van der Waals surface area (Å²) < 4.78 is 0. The van der Waals surface area contributed by atoms with Crippen LogP contribution < -0.4 is 21.4 Å². The molecule has 0 aromatic carbocycles. The second-order valence-electron chi connectivity index (χ2n) is 11.5. The summed E-state index contributed by atoms with van der Waals surface area (Å²) in [5.74, 6) is -1.02. The minimum Gasteiger partial charge on any atom is -0.356 e. The zero-order valence-electron chi connectivity index (χ0n) is 29.7. The van der Waals surface area contributed by atoms with Crippen molar-refractivity contribution in [2.24, 2.45) is 11.5 Å². The molecule has 8 aromatic rings. The van der Waals surface area contributed by atoms with E-state index in [9.17, 15) is 9.59 Å². The number of hydrogen-bond acceptors (Lipinski definition) is 14. The van der Waals surface area contributed by atoms with Gasteiger partial charge in [0.05, 0.1) is 28.2 Å². The largest absolute Gasteiger partial charge is 2.00 e. The van der Waals surface area contributed by atoms with E-state index < -0.39 is 23.7 Å². The summed E-state index contributed by atoms with van der Waals surface area (Å²) in [6.07, 6.45) is 8.01. The first-order chi connectivity index (χ1) is 28.6. The summed E-state index contributed by atoms with van der Waals surface area (Å²) in [6.45, 7) is 0. The van der Waals surface area contributed by atoms with Crippen LogP contribution in [0, 0.1) is 0 Å². The van der Waals surface area contributed by atoms with Crippen molar-refractivity contribution in [3.63, 3.8) is 0 Å². The van der Waals surface area contributed by atoms with Gasteiger partial charge in [-0.3, -0.25) is 19.9 Å². The molecule has 24 heteroatoms. The number of carboxylic acid groups (broad SMARTS) is 2. The molecule has 300 valence electrons. The van der Waals surface area contributed by atoms with Crippen molar-refractivity contribution < 1.29 is 54.8 Å². The maximum absolute atomic E-state index is 10.4. The van der Waals surface area contributed by atoms with E-state index in [0.717, 1.165) is 21.9 Å². The molecule has 0 atom stereocenters. The molecule has 2 aliphatic heterocycles. The van der Waals surface area contributed by atoms with Crippen molar-refractivity contribution >= 4 is 82.6 Å². The summed E-state index contributed by atoms with van der Waals surface area (Å²) in [4.78, 5) is 89.7. The predicted molar refractivity (Wildman–Crippen MR) is 209 cm³/mol. The van der Waals surface area contributed by atoms with Crippen LogP contribution in [0.15, 0.2) is 91.6 Å². The van der Waals surface area contributed by atoms with Gasteiger partial charge < -0.3 is 51.6 Å². The maximum Gasteiger partial charge on any atom is 2.00 e. The van der Waals surface area contributed by atoms with Crippen LogP contribution in [0.4, 0.5) is 4.79 Å². The predicted octanol–water partition coefficient (Wildman–Crippen LogP) is 4.58. The summed E-state index contributed by atoms with van der Waals surface area (Å²) in [5.41, 5.74) is 13.2. The Bertz CT molecular complexity index is 2760. The van der Waals surface area contributed by atoms with Crippen molar-refractivity contribution in [3.05, 3.63) is 103 Å². The number of carbonyl (C=O) groups excluding carboxylic acids is 1. The zero-order valence-corrected chi connectivity index (χ0v) is 33.4. The van der Waals surface area contributed by atoms with Gasteiger partial charge >= 0.3 is 68.4 Å². The summed E-state index contributed by atoms with van der Waals surface area (Å²) in [7, 11) is 9.53. The van der Waals surface area contributed by atoms with Crippen LogP contribution in [0.2, 0.25) is 0 Å². The standard InChI is InChI=1S/C28H12N12.C7H5NO4.CH4N2O.2ClH.2Fe/c1-5-13-17(29-9-1)25-33-21(13)37-26-18-14(6-2-10-30-18)23(34-26)39-28-20-16(8-4-12-32-20)24(36-28)40-27-19-15(7-3-11-31-19)22(35-27)38-25;9-6(10)4-2-1-3-8-5(4)7(11)12;2-1(3)4;;;;/h1-12H;1-3H,(H,9,10)(H,11,12);(H4,2,3,4);2*1H;;/q-2;;;;;2*+2/p-2. The van der Waals surface area contributed by atoms with Gasteiger partial charge in [0.25, 0.3) is 0 Å². The third-order valence-corrected chi connectivity index (χ3v) is 7.98. The Morgan fingerprint density at radius 1 is 0.533 bits per heavy atom. The number of carboxylic acids is 2. The van der Waals surface area contributed by atoms with Gasteiger partial charge in [-0.05, 0) is 48.5 Å². The number of urea groups is 1. The molecular weight excluding hydrogens is 905 g/mol. The molecule has 0 saturated heterocycles. The van der Waals surface area contributed by atoms with Crippen LogP contribution in [0.25, 0.3) is 90.2 Å². The number of aromatic carboxylic acids is 2. The number of nitrogens with two attached hydrogens (primary N) is 2. The molecule has 0 radical (unpaired) electrons. The number of hydrogen-bond donors (Lipinski definition) is 4. The first-order valence-corrected chi connectivity index (χ1v) is 19.5. The maximum atomic E-state index is 10.4. The summed E-state index contributed by atoms with van der Waals surface area (Å²) in [6, 6.07) is 16.7. The molecule has 0 fully saturated rings. The Kier molecular flexibility index (Phi) is 13.2. The Labute approximate surface area is 360 Å². The second kappa shape index (κ2) is 18.7.